The number of benzene rings is 2. The number of nitrogens with zero attached hydrogens (tertiary/aromatic N) is 2. The van der Waals surface area contributed by atoms with Crippen LogP contribution in [-0.2, 0) is 11.8 Å². The van der Waals surface area contributed by atoms with E-state index in [1.54, 1.807) is 18.0 Å². The lowest BCUT2D eigenvalue weighted by Crippen LogP contribution is -2.43. The molecule has 174 valence electrons. The highest BCUT2D eigenvalue weighted by Gasteiger charge is 2.25. The number of aromatic nitrogens is 2. The van der Waals surface area contributed by atoms with Gasteiger partial charge in [-0.1, -0.05) is 32.0 Å². The average molecular weight is 453 g/mol. The molecule has 0 bridgehead atoms. The van der Waals surface area contributed by atoms with Crippen LogP contribution in [0.1, 0.15) is 31.5 Å². The molecule has 0 unspecified atom stereocenters. The molecule has 8 heteroatoms. The molecule has 0 saturated heterocycles. The van der Waals surface area contributed by atoms with Crippen LogP contribution in [0.5, 0.6) is 11.5 Å². The normalized spacial score (nSPS) is 12.6. The molecular weight excluding hydrogens is 423 g/mol. The van der Waals surface area contributed by atoms with Gasteiger partial charge in [0.25, 0.3) is 0 Å². The molecule has 2 N–H and O–H groups in total. The number of fused-ring (bicyclic) bond motifs is 1. The van der Waals surface area contributed by atoms with Crippen LogP contribution < -0.4 is 14.8 Å². The van der Waals surface area contributed by atoms with Crippen molar-refractivity contribution in [1.29, 1.82) is 0 Å². The summed E-state index contributed by atoms with van der Waals surface area (Å²) in [5.41, 5.74) is 3.20. The van der Waals surface area contributed by atoms with Crippen molar-refractivity contribution in [3.8, 4) is 22.8 Å². The Kier molecular flexibility index (Phi) is 6.53. The molecule has 2 aromatic carbocycles. The van der Waals surface area contributed by atoms with Crippen molar-refractivity contribution in [2.75, 3.05) is 26.9 Å². The number of H-pyrrole nitrogens is 1. The number of aryl methyl sites for hydroxylation is 1. The summed E-state index contributed by atoms with van der Waals surface area (Å²) in [4.78, 5) is 14.3. The SMILES string of the molecule is CN(CCCc1cc(-c2cccc(F)c2)n[nH]1)C(=O)NCC(C)(C)c1ccc2c(c1)OCO2. The maximum atomic E-state index is 13.4. The zero-order valence-electron chi connectivity index (χ0n) is 19.2. The van der Waals surface area contributed by atoms with Crippen molar-refractivity contribution in [2.24, 2.45) is 0 Å². The van der Waals surface area contributed by atoms with Gasteiger partial charge in [0.1, 0.15) is 5.82 Å². The number of rotatable bonds is 8. The van der Waals surface area contributed by atoms with E-state index in [1.807, 2.05) is 30.3 Å². The number of halogens is 1. The van der Waals surface area contributed by atoms with Crippen molar-refractivity contribution in [2.45, 2.75) is 32.1 Å². The average Bonchev–Trinajstić information content (AvgIpc) is 3.46. The highest BCUT2D eigenvalue weighted by molar-refractivity contribution is 5.74. The first-order valence-electron chi connectivity index (χ1n) is 11.0. The lowest BCUT2D eigenvalue weighted by molar-refractivity contribution is 0.174. The number of hydrogen-bond donors (Lipinski definition) is 2. The summed E-state index contributed by atoms with van der Waals surface area (Å²) in [6.07, 6.45) is 1.52. The van der Waals surface area contributed by atoms with Crippen LogP contribution in [0.4, 0.5) is 9.18 Å². The Bertz CT molecular complexity index is 1130. The standard InChI is InChI=1S/C25H29FN4O3/c1-25(2,18-9-10-22-23(13-18)33-16-32-22)15-27-24(31)30(3)11-5-8-20-14-21(29-28-20)17-6-4-7-19(26)12-17/h4,6-7,9-10,12-14H,5,8,11,15-16H2,1-3H3,(H,27,31)(H,28,29). The maximum absolute atomic E-state index is 13.4. The summed E-state index contributed by atoms with van der Waals surface area (Å²) in [6, 6.07) is 14.1. The summed E-state index contributed by atoms with van der Waals surface area (Å²) in [5, 5.41) is 10.3. The Hall–Kier alpha value is -3.55. The number of nitrogens with one attached hydrogen (secondary N) is 2. The fraction of sp³-hybridized carbons (Fsp3) is 0.360. The zero-order chi connectivity index (χ0) is 23.4. The molecule has 4 rings (SSSR count). The van der Waals surface area contributed by atoms with Gasteiger partial charge in [0.05, 0.1) is 5.69 Å². The van der Waals surface area contributed by atoms with Gasteiger partial charge in [-0.2, -0.15) is 5.10 Å². The summed E-state index contributed by atoms with van der Waals surface area (Å²) >= 11 is 0. The van der Waals surface area contributed by atoms with E-state index in [0.29, 0.717) is 18.8 Å². The van der Waals surface area contributed by atoms with Gasteiger partial charge in [0.2, 0.25) is 6.79 Å². The number of carbonyl (C=O) groups is 1. The number of aromatic amines is 1. The summed E-state index contributed by atoms with van der Waals surface area (Å²) in [7, 11) is 1.79. The van der Waals surface area contributed by atoms with Gasteiger partial charge in [-0.15, -0.1) is 0 Å². The third-order valence-corrected chi connectivity index (χ3v) is 5.87. The first kappa shape index (κ1) is 22.6. The third kappa shape index (κ3) is 5.45. The minimum Gasteiger partial charge on any atom is -0.454 e. The Labute approximate surface area is 192 Å². The van der Waals surface area contributed by atoms with Crippen molar-refractivity contribution < 1.29 is 18.7 Å². The van der Waals surface area contributed by atoms with Crippen molar-refractivity contribution >= 4 is 6.03 Å². The van der Waals surface area contributed by atoms with Gasteiger partial charge in [-0.3, -0.25) is 5.10 Å². The summed E-state index contributed by atoms with van der Waals surface area (Å²) in [6.45, 7) is 5.50. The lowest BCUT2D eigenvalue weighted by Gasteiger charge is -2.27. The monoisotopic (exact) mass is 452 g/mol. The first-order chi connectivity index (χ1) is 15.8. The molecule has 2 amide bonds. The molecule has 1 aromatic heterocycles. The van der Waals surface area contributed by atoms with E-state index in [1.165, 1.54) is 12.1 Å². The minimum atomic E-state index is -0.286. The number of amides is 2. The summed E-state index contributed by atoms with van der Waals surface area (Å²) < 4.78 is 24.3. The highest BCUT2D eigenvalue weighted by atomic mass is 19.1. The Balaban J connectivity index is 1.24. The largest absolute Gasteiger partial charge is 0.454 e. The van der Waals surface area contributed by atoms with Crippen molar-refractivity contribution in [3.63, 3.8) is 0 Å². The van der Waals surface area contributed by atoms with E-state index >= 15 is 0 Å². The van der Waals surface area contributed by atoms with Gasteiger partial charge in [-0.25, -0.2) is 9.18 Å². The van der Waals surface area contributed by atoms with Crippen LogP contribution in [-0.4, -0.2) is 48.1 Å². The predicted molar refractivity (Wildman–Crippen MR) is 124 cm³/mol. The number of carbonyl (C=O) groups excluding carboxylic acids is 1. The topological polar surface area (TPSA) is 79.5 Å². The zero-order valence-corrected chi connectivity index (χ0v) is 19.2. The van der Waals surface area contributed by atoms with Gasteiger partial charge in [-0.05, 0) is 48.7 Å². The Morgan fingerprint density at radius 1 is 1.18 bits per heavy atom. The second kappa shape index (κ2) is 9.52. The van der Waals surface area contributed by atoms with E-state index in [4.69, 9.17) is 9.47 Å². The molecule has 7 nitrogen and oxygen atoms in total. The maximum Gasteiger partial charge on any atom is 0.317 e. The molecule has 0 spiro atoms. The molecule has 0 fully saturated rings. The van der Waals surface area contributed by atoms with Gasteiger partial charge >= 0.3 is 6.03 Å². The molecule has 0 saturated carbocycles. The number of urea groups is 1. The van der Waals surface area contributed by atoms with Gasteiger partial charge < -0.3 is 19.7 Å². The minimum absolute atomic E-state index is 0.117. The highest BCUT2D eigenvalue weighted by Crippen LogP contribution is 2.36. The molecule has 1 aliphatic heterocycles. The van der Waals surface area contributed by atoms with Crippen LogP contribution >= 0.6 is 0 Å². The molecular formula is C25H29FN4O3. The van der Waals surface area contributed by atoms with E-state index < -0.39 is 0 Å². The fourth-order valence-corrected chi connectivity index (χ4v) is 3.74. The molecule has 0 aliphatic carbocycles. The predicted octanol–water partition coefficient (Wildman–Crippen LogP) is 4.50. The van der Waals surface area contributed by atoms with E-state index in [-0.39, 0.29) is 24.1 Å². The molecule has 3 aromatic rings. The van der Waals surface area contributed by atoms with E-state index in [9.17, 15) is 9.18 Å². The van der Waals surface area contributed by atoms with Crippen LogP contribution in [0, 0.1) is 5.82 Å². The van der Waals surface area contributed by atoms with E-state index in [2.05, 4.69) is 29.4 Å². The number of ether oxygens (including phenoxy) is 2. The van der Waals surface area contributed by atoms with Gasteiger partial charge in [0, 0.05) is 36.8 Å². The quantitative estimate of drug-likeness (QED) is 0.528. The molecule has 2 heterocycles. The second-order valence-electron chi connectivity index (χ2n) is 8.92. The number of hydrogen-bond acceptors (Lipinski definition) is 4. The van der Waals surface area contributed by atoms with Crippen LogP contribution in [0.2, 0.25) is 0 Å². The lowest BCUT2D eigenvalue weighted by atomic mass is 9.84. The van der Waals surface area contributed by atoms with Crippen molar-refractivity contribution in [3.05, 3.63) is 65.6 Å². The smallest absolute Gasteiger partial charge is 0.317 e. The molecule has 1 aliphatic rings. The molecule has 33 heavy (non-hydrogen) atoms. The van der Waals surface area contributed by atoms with E-state index in [0.717, 1.165) is 41.2 Å². The second-order valence-corrected chi connectivity index (χ2v) is 8.92. The Morgan fingerprint density at radius 2 is 2.00 bits per heavy atom. The third-order valence-electron chi connectivity index (χ3n) is 5.87. The van der Waals surface area contributed by atoms with Crippen LogP contribution in [0.25, 0.3) is 11.3 Å². The Morgan fingerprint density at radius 3 is 2.82 bits per heavy atom. The molecule has 0 radical (unpaired) electrons. The summed E-state index contributed by atoms with van der Waals surface area (Å²) in [5.74, 6) is 1.20. The molecule has 0 atom stereocenters. The first-order valence-corrected chi connectivity index (χ1v) is 11.0. The van der Waals surface area contributed by atoms with Crippen molar-refractivity contribution in [1.82, 2.24) is 20.4 Å². The fourth-order valence-electron chi connectivity index (χ4n) is 3.74. The van der Waals surface area contributed by atoms with Crippen LogP contribution in [0.3, 0.4) is 0 Å². The van der Waals surface area contributed by atoms with Crippen LogP contribution in [0.15, 0.2) is 48.5 Å². The van der Waals surface area contributed by atoms with Gasteiger partial charge in [0.15, 0.2) is 11.5 Å².